The highest BCUT2D eigenvalue weighted by atomic mass is 32.1. The minimum atomic E-state index is 0.730. The Morgan fingerprint density at radius 3 is 2.86 bits per heavy atom. The summed E-state index contributed by atoms with van der Waals surface area (Å²) < 4.78 is 1.32. The molecule has 2 aromatic rings. The van der Waals surface area contributed by atoms with E-state index in [1.807, 2.05) is 11.3 Å². The van der Waals surface area contributed by atoms with E-state index < -0.39 is 0 Å². The minimum absolute atomic E-state index is 0.730. The van der Waals surface area contributed by atoms with Gasteiger partial charge in [0.15, 0.2) is 5.13 Å². The molecule has 118 valence electrons. The largest absolute Gasteiger partial charge is 0.346 e. The van der Waals surface area contributed by atoms with E-state index in [0.29, 0.717) is 0 Å². The molecule has 1 saturated heterocycles. The van der Waals surface area contributed by atoms with Crippen molar-refractivity contribution in [1.82, 2.24) is 15.6 Å². The lowest BCUT2D eigenvalue weighted by atomic mass is 10.2. The van der Waals surface area contributed by atoms with Gasteiger partial charge in [0, 0.05) is 38.8 Å². The first-order chi connectivity index (χ1) is 10.9. The second kappa shape index (κ2) is 6.52. The molecule has 2 fully saturated rings. The minimum Gasteiger partial charge on any atom is -0.346 e. The highest BCUT2D eigenvalue weighted by molar-refractivity contribution is 7.22. The summed E-state index contributed by atoms with van der Waals surface area (Å²) in [6.45, 7) is 5.24. The van der Waals surface area contributed by atoms with Crippen LogP contribution in [0.25, 0.3) is 10.2 Å². The molecule has 0 radical (unpaired) electrons. The van der Waals surface area contributed by atoms with Crippen molar-refractivity contribution in [3.05, 3.63) is 23.8 Å². The van der Waals surface area contributed by atoms with Crippen molar-refractivity contribution in [2.24, 2.45) is 0 Å². The van der Waals surface area contributed by atoms with Gasteiger partial charge in [-0.1, -0.05) is 30.2 Å². The Balaban J connectivity index is 1.47. The Morgan fingerprint density at radius 2 is 2.05 bits per heavy atom. The molecular formula is C17H24N4S. The zero-order chi connectivity index (χ0) is 14.8. The molecule has 1 aromatic heterocycles. The SMILES string of the molecule is c1cc2nc(N3CCNCC3)sc2cc1CNC1CCCC1. The molecule has 4 nitrogen and oxygen atoms in total. The smallest absolute Gasteiger partial charge is 0.186 e. The van der Waals surface area contributed by atoms with Crippen LogP contribution in [0.5, 0.6) is 0 Å². The van der Waals surface area contributed by atoms with Gasteiger partial charge in [0.1, 0.15) is 0 Å². The number of rotatable bonds is 4. The van der Waals surface area contributed by atoms with E-state index in [0.717, 1.165) is 44.3 Å². The summed E-state index contributed by atoms with van der Waals surface area (Å²) in [7, 11) is 0. The normalized spacial score (nSPS) is 20.1. The zero-order valence-electron chi connectivity index (χ0n) is 13.0. The lowest BCUT2D eigenvalue weighted by Gasteiger charge is -2.26. The zero-order valence-corrected chi connectivity index (χ0v) is 13.8. The number of hydrogen-bond donors (Lipinski definition) is 2. The molecule has 1 saturated carbocycles. The van der Waals surface area contributed by atoms with Crippen LogP contribution in [0.3, 0.4) is 0 Å². The highest BCUT2D eigenvalue weighted by Crippen LogP contribution is 2.30. The number of anilines is 1. The van der Waals surface area contributed by atoms with Gasteiger partial charge in [-0.05, 0) is 30.5 Å². The summed E-state index contributed by atoms with van der Waals surface area (Å²) in [5.74, 6) is 0. The van der Waals surface area contributed by atoms with Crippen molar-refractivity contribution in [3.63, 3.8) is 0 Å². The van der Waals surface area contributed by atoms with Crippen molar-refractivity contribution in [3.8, 4) is 0 Å². The van der Waals surface area contributed by atoms with Gasteiger partial charge in [-0.25, -0.2) is 4.98 Å². The molecule has 4 rings (SSSR count). The lowest BCUT2D eigenvalue weighted by molar-refractivity contribution is 0.524. The molecule has 1 aliphatic heterocycles. The van der Waals surface area contributed by atoms with Crippen LogP contribution < -0.4 is 15.5 Å². The average molecular weight is 316 g/mol. The number of aromatic nitrogens is 1. The number of piperazine rings is 1. The Labute approximate surface area is 135 Å². The van der Waals surface area contributed by atoms with E-state index in [1.54, 1.807) is 0 Å². The summed E-state index contributed by atoms with van der Waals surface area (Å²) in [5, 5.41) is 8.27. The van der Waals surface area contributed by atoms with E-state index >= 15 is 0 Å². The Bertz CT molecular complexity index is 627. The molecule has 1 aromatic carbocycles. The number of hydrogen-bond acceptors (Lipinski definition) is 5. The number of nitrogens with one attached hydrogen (secondary N) is 2. The van der Waals surface area contributed by atoms with Crippen LogP contribution >= 0.6 is 11.3 Å². The van der Waals surface area contributed by atoms with Crippen LogP contribution in [0.1, 0.15) is 31.2 Å². The molecule has 2 heterocycles. The Kier molecular flexibility index (Phi) is 4.28. The third-order valence-corrected chi connectivity index (χ3v) is 5.86. The summed E-state index contributed by atoms with van der Waals surface area (Å²) in [4.78, 5) is 7.21. The first kappa shape index (κ1) is 14.4. The second-order valence-corrected chi connectivity index (χ2v) is 7.41. The third kappa shape index (κ3) is 3.12. The molecule has 5 heteroatoms. The monoisotopic (exact) mass is 316 g/mol. The fourth-order valence-electron chi connectivity index (χ4n) is 3.45. The van der Waals surface area contributed by atoms with E-state index in [2.05, 4.69) is 33.7 Å². The van der Waals surface area contributed by atoms with E-state index in [4.69, 9.17) is 4.98 Å². The van der Waals surface area contributed by atoms with Gasteiger partial charge in [0.05, 0.1) is 10.2 Å². The molecular weight excluding hydrogens is 292 g/mol. The van der Waals surface area contributed by atoms with Crippen molar-refractivity contribution in [2.75, 3.05) is 31.1 Å². The van der Waals surface area contributed by atoms with Crippen LogP contribution in [0.15, 0.2) is 18.2 Å². The quantitative estimate of drug-likeness (QED) is 0.910. The second-order valence-electron chi connectivity index (χ2n) is 6.40. The molecule has 0 amide bonds. The molecule has 0 bridgehead atoms. The molecule has 2 N–H and O–H groups in total. The van der Waals surface area contributed by atoms with E-state index in [-0.39, 0.29) is 0 Å². The van der Waals surface area contributed by atoms with Crippen molar-refractivity contribution in [2.45, 2.75) is 38.3 Å². The van der Waals surface area contributed by atoms with E-state index in [1.165, 1.54) is 41.1 Å². The first-order valence-corrected chi connectivity index (χ1v) is 9.29. The van der Waals surface area contributed by atoms with Gasteiger partial charge in [0.2, 0.25) is 0 Å². The highest BCUT2D eigenvalue weighted by Gasteiger charge is 2.16. The maximum Gasteiger partial charge on any atom is 0.186 e. The predicted molar refractivity (Wildman–Crippen MR) is 93.8 cm³/mol. The van der Waals surface area contributed by atoms with Crippen molar-refractivity contribution < 1.29 is 0 Å². The van der Waals surface area contributed by atoms with E-state index in [9.17, 15) is 0 Å². The Morgan fingerprint density at radius 1 is 1.23 bits per heavy atom. The van der Waals surface area contributed by atoms with Crippen LogP contribution in [-0.4, -0.2) is 37.2 Å². The number of nitrogens with zero attached hydrogens (tertiary/aromatic N) is 2. The van der Waals surface area contributed by atoms with Crippen LogP contribution in [-0.2, 0) is 6.54 Å². The molecule has 22 heavy (non-hydrogen) atoms. The predicted octanol–water partition coefficient (Wildman–Crippen LogP) is 2.74. The Hall–Kier alpha value is -1.17. The fraction of sp³-hybridized carbons (Fsp3) is 0.588. The summed E-state index contributed by atoms with van der Waals surface area (Å²) in [6, 6.07) is 7.46. The van der Waals surface area contributed by atoms with Gasteiger partial charge in [-0.3, -0.25) is 0 Å². The summed E-state index contributed by atoms with van der Waals surface area (Å²) in [6.07, 6.45) is 5.46. The maximum absolute atomic E-state index is 4.81. The van der Waals surface area contributed by atoms with Crippen LogP contribution in [0.2, 0.25) is 0 Å². The molecule has 0 spiro atoms. The van der Waals surface area contributed by atoms with Gasteiger partial charge in [0.25, 0.3) is 0 Å². The molecule has 0 atom stereocenters. The number of thiazole rings is 1. The van der Waals surface area contributed by atoms with Crippen molar-refractivity contribution in [1.29, 1.82) is 0 Å². The van der Waals surface area contributed by atoms with Crippen LogP contribution in [0, 0.1) is 0 Å². The summed E-state index contributed by atoms with van der Waals surface area (Å²) >= 11 is 1.84. The van der Waals surface area contributed by atoms with Gasteiger partial charge in [-0.15, -0.1) is 0 Å². The third-order valence-electron chi connectivity index (χ3n) is 4.78. The van der Waals surface area contributed by atoms with Crippen LogP contribution in [0.4, 0.5) is 5.13 Å². The molecule has 2 aliphatic rings. The van der Waals surface area contributed by atoms with Gasteiger partial charge < -0.3 is 15.5 Å². The number of benzene rings is 1. The van der Waals surface area contributed by atoms with Gasteiger partial charge in [-0.2, -0.15) is 0 Å². The van der Waals surface area contributed by atoms with Crippen molar-refractivity contribution >= 4 is 26.7 Å². The standard InChI is InChI=1S/C17H24N4S/c1-2-4-14(3-1)19-12-13-5-6-15-16(11-13)22-17(20-15)21-9-7-18-8-10-21/h5-6,11,14,18-19H,1-4,7-10,12H2. The molecule has 0 unspecified atom stereocenters. The average Bonchev–Trinajstić information content (AvgIpc) is 3.22. The van der Waals surface area contributed by atoms with Gasteiger partial charge >= 0.3 is 0 Å². The lowest BCUT2D eigenvalue weighted by Crippen LogP contribution is -2.43. The summed E-state index contributed by atoms with van der Waals surface area (Å²) in [5.41, 5.74) is 2.53. The molecule has 1 aliphatic carbocycles. The maximum atomic E-state index is 4.81. The first-order valence-electron chi connectivity index (χ1n) is 8.47. The fourth-order valence-corrected chi connectivity index (χ4v) is 4.53. The number of fused-ring (bicyclic) bond motifs is 1. The topological polar surface area (TPSA) is 40.2 Å².